The molecule has 0 atom stereocenters. The van der Waals surface area contributed by atoms with Gasteiger partial charge in [-0.3, -0.25) is 4.79 Å². The topological polar surface area (TPSA) is 29.1 Å². The number of hydrogen-bond acceptors (Lipinski definition) is 1. The van der Waals surface area contributed by atoms with E-state index in [1.165, 1.54) is 18.2 Å². The van der Waals surface area contributed by atoms with Gasteiger partial charge in [-0.15, -0.1) is 0 Å². The van der Waals surface area contributed by atoms with Crippen molar-refractivity contribution in [3.8, 4) is 11.1 Å². The summed E-state index contributed by atoms with van der Waals surface area (Å²) < 4.78 is 52.9. The van der Waals surface area contributed by atoms with Crippen molar-refractivity contribution in [1.82, 2.24) is 0 Å². The van der Waals surface area contributed by atoms with Gasteiger partial charge < -0.3 is 5.32 Å². The number of nitrogens with one attached hydrogen (secondary N) is 1. The number of fused-ring (bicyclic) bond motifs is 1. The van der Waals surface area contributed by atoms with Crippen molar-refractivity contribution in [3.05, 3.63) is 53.3 Å². The van der Waals surface area contributed by atoms with Gasteiger partial charge in [0, 0.05) is 12.1 Å². The molecule has 114 valence electrons. The Morgan fingerprint density at radius 2 is 1.82 bits per heavy atom. The van der Waals surface area contributed by atoms with Gasteiger partial charge >= 0.3 is 6.18 Å². The first kappa shape index (κ1) is 14.6. The predicted octanol–water partition coefficient (Wildman–Crippen LogP) is 4.40. The van der Waals surface area contributed by atoms with Crippen LogP contribution in [0.4, 0.5) is 23.2 Å². The SMILES string of the molecule is O=C1CCc2cc(-c3cccc(F)c3C(F)(F)F)ccc2N1. The number of carbonyl (C=O) groups is 1. The van der Waals surface area contributed by atoms with Crippen LogP contribution >= 0.6 is 0 Å². The first-order valence-corrected chi connectivity index (χ1v) is 6.65. The molecule has 0 spiro atoms. The summed E-state index contributed by atoms with van der Waals surface area (Å²) in [5.41, 5.74) is 0.142. The molecule has 2 nitrogen and oxygen atoms in total. The van der Waals surface area contributed by atoms with Crippen LogP contribution in [-0.2, 0) is 17.4 Å². The van der Waals surface area contributed by atoms with E-state index in [1.807, 2.05) is 0 Å². The van der Waals surface area contributed by atoms with Crippen molar-refractivity contribution < 1.29 is 22.4 Å². The third kappa shape index (κ3) is 2.56. The summed E-state index contributed by atoms with van der Waals surface area (Å²) in [5.74, 6) is -1.42. The quantitative estimate of drug-likeness (QED) is 0.777. The van der Waals surface area contributed by atoms with Crippen LogP contribution in [0.3, 0.4) is 0 Å². The van der Waals surface area contributed by atoms with Crippen LogP contribution in [0, 0.1) is 5.82 Å². The number of alkyl halides is 3. The van der Waals surface area contributed by atoms with Gasteiger partial charge in [-0.1, -0.05) is 18.2 Å². The van der Waals surface area contributed by atoms with Gasteiger partial charge in [0.1, 0.15) is 5.82 Å². The van der Waals surface area contributed by atoms with Crippen LogP contribution in [0.5, 0.6) is 0 Å². The van der Waals surface area contributed by atoms with Crippen LogP contribution in [0.1, 0.15) is 17.5 Å². The van der Waals surface area contributed by atoms with Crippen LogP contribution < -0.4 is 5.32 Å². The maximum absolute atomic E-state index is 13.6. The molecule has 1 N–H and O–H groups in total. The normalized spacial score (nSPS) is 14.5. The molecule has 0 aromatic heterocycles. The number of aryl methyl sites for hydroxylation is 1. The largest absolute Gasteiger partial charge is 0.419 e. The van der Waals surface area contributed by atoms with E-state index < -0.39 is 17.6 Å². The fourth-order valence-electron chi connectivity index (χ4n) is 2.60. The van der Waals surface area contributed by atoms with Crippen LogP contribution in [-0.4, -0.2) is 5.91 Å². The van der Waals surface area contributed by atoms with Crippen molar-refractivity contribution in [2.45, 2.75) is 19.0 Å². The smallest absolute Gasteiger partial charge is 0.326 e. The molecule has 0 aliphatic carbocycles. The van der Waals surface area contributed by atoms with E-state index in [1.54, 1.807) is 12.1 Å². The Morgan fingerprint density at radius 1 is 1.05 bits per heavy atom. The lowest BCUT2D eigenvalue weighted by atomic mass is 9.94. The maximum atomic E-state index is 13.6. The standard InChI is InChI=1S/C16H11F4NO/c17-12-3-1-2-11(15(12)16(18,19)20)9-4-6-13-10(8-9)5-7-14(22)21-13/h1-4,6,8H,5,7H2,(H,21,22). The Bertz CT molecular complexity index is 752. The number of benzene rings is 2. The fourth-order valence-corrected chi connectivity index (χ4v) is 2.60. The molecule has 1 aliphatic rings. The Kier molecular flexibility index (Phi) is 3.39. The summed E-state index contributed by atoms with van der Waals surface area (Å²) in [6, 6.07) is 7.86. The van der Waals surface area contributed by atoms with Crippen LogP contribution in [0.15, 0.2) is 36.4 Å². The van der Waals surface area contributed by atoms with Crippen molar-refractivity contribution in [3.63, 3.8) is 0 Å². The highest BCUT2D eigenvalue weighted by molar-refractivity contribution is 5.94. The molecule has 22 heavy (non-hydrogen) atoms. The summed E-state index contributed by atoms with van der Waals surface area (Å²) in [4.78, 5) is 11.3. The summed E-state index contributed by atoms with van der Waals surface area (Å²) in [5, 5.41) is 2.66. The van der Waals surface area contributed by atoms with Crippen molar-refractivity contribution in [2.24, 2.45) is 0 Å². The molecular formula is C16H11F4NO. The Balaban J connectivity index is 2.13. The molecule has 1 aliphatic heterocycles. The van der Waals surface area contributed by atoms with Crippen molar-refractivity contribution in [2.75, 3.05) is 5.32 Å². The van der Waals surface area contributed by atoms with Gasteiger partial charge in [0.15, 0.2) is 0 Å². The van der Waals surface area contributed by atoms with Gasteiger partial charge in [-0.05, 0) is 41.3 Å². The lowest BCUT2D eigenvalue weighted by Crippen LogP contribution is -2.18. The number of halogens is 4. The summed E-state index contributed by atoms with van der Waals surface area (Å²) >= 11 is 0. The molecular weight excluding hydrogens is 298 g/mol. The molecule has 0 saturated carbocycles. The fraction of sp³-hybridized carbons (Fsp3) is 0.188. The number of rotatable bonds is 1. The van der Waals surface area contributed by atoms with Gasteiger partial charge in [0.05, 0.1) is 5.56 Å². The van der Waals surface area contributed by atoms with Crippen LogP contribution in [0.25, 0.3) is 11.1 Å². The number of carbonyl (C=O) groups excluding carboxylic acids is 1. The second-order valence-corrected chi connectivity index (χ2v) is 5.08. The van der Waals surface area contributed by atoms with E-state index in [0.717, 1.165) is 11.6 Å². The third-order valence-electron chi connectivity index (χ3n) is 3.61. The highest BCUT2D eigenvalue weighted by atomic mass is 19.4. The zero-order valence-corrected chi connectivity index (χ0v) is 11.3. The highest BCUT2D eigenvalue weighted by Crippen LogP contribution is 2.39. The molecule has 0 bridgehead atoms. The Hall–Kier alpha value is -2.37. The number of hydrogen-bond donors (Lipinski definition) is 1. The van der Waals surface area contributed by atoms with Crippen molar-refractivity contribution >= 4 is 11.6 Å². The number of amides is 1. The van der Waals surface area contributed by atoms with E-state index in [-0.39, 0.29) is 23.5 Å². The van der Waals surface area contributed by atoms with E-state index in [2.05, 4.69) is 5.32 Å². The second-order valence-electron chi connectivity index (χ2n) is 5.08. The second kappa shape index (κ2) is 5.12. The summed E-state index contributed by atoms with van der Waals surface area (Å²) in [6.07, 6.45) is -4.04. The minimum Gasteiger partial charge on any atom is -0.326 e. The molecule has 0 fully saturated rings. The van der Waals surface area contributed by atoms with E-state index in [9.17, 15) is 22.4 Å². The molecule has 6 heteroatoms. The minimum absolute atomic E-state index is 0.123. The van der Waals surface area contributed by atoms with Crippen molar-refractivity contribution in [1.29, 1.82) is 0 Å². The van der Waals surface area contributed by atoms with Gasteiger partial charge in [-0.2, -0.15) is 13.2 Å². The third-order valence-corrected chi connectivity index (χ3v) is 3.61. The first-order chi connectivity index (χ1) is 10.4. The monoisotopic (exact) mass is 309 g/mol. The van der Waals surface area contributed by atoms with E-state index in [4.69, 9.17) is 0 Å². The van der Waals surface area contributed by atoms with Crippen LogP contribution in [0.2, 0.25) is 0 Å². The van der Waals surface area contributed by atoms with E-state index >= 15 is 0 Å². The van der Waals surface area contributed by atoms with Gasteiger partial charge in [-0.25, -0.2) is 4.39 Å². The molecule has 2 aromatic carbocycles. The molecule has 0 saturated heterocycles. The Labute approximate surface area is 123 Å². The highest BCUT2D eigenvalue weighted by Gasteiger charge is 2.37. The predicted molar refractivity (Wildman–Crippen MR) is 73.8 cm³/mol. The van der Waals surface area contributed by atoms with Gasteiger partial charge in [0.2, 0.25) is 5.91 Å². The first-order valence-electron chi connectivity index (χ1n) is 6.65. The maximum Gasteiger partial charge on any atom is 0.419 e. The molecule has 3 rings (SSSR count). The molecule has 2 aromatic rings. The lowest BCUT2D eigenvalue weighted by Gasteiger charge is -2.19. The minimum atomic E-state index is -4.77. The zero-order chi connectivity index (χ0) is 15.9. The van der Waals surface area contributed by atoms with E-state index in [0.29, 0.717) is 12.1 Å². The molecule has 1 heterocycles. The number of anilines is 1. The molecule has 0 radical (unpaired) electrons. The average molecular weight is 309 g/mol. The summed E-state index contributed by atoms with van der Waals surface area (Å²) in [6.45, 7) is 0. The lowest BCUT2D eigenvalue weighted by molar-refractivity contribution is -0.139. The Morgan fingerprint density at radius 3 is 2.55 bits per heavy atom. The zero-order valence-electron chi connectivity index (χ0n) is 11.3. The average Bonchev–Trinajstić information content (AvgIpc) is 2.45. The molecule has 0 unspecified atom stereocenters. The molecule has 1 amide bonds. The van der Waals surface area contributed by atoms with Gasteiger partial charge in [0.25, 0.3) is 0 Å². The summed E-state index contributed by atoms with van der Waals surface area (Å²) in [7, 11) is 0.